The molecule has 1 heteroatoms. The molecule has 0 amide bonds. The first-order valence-corrected chi connectivity index (χ1v) is 5.80. The summed E-state index contributed by atoms with van der Waals surface area (Å²) in [5, 5.41) is 3.44. The van der Waals surface area contributed by atoms with Crippen molar-refractivity contribution in [1.29, 1.82) is 0 Å². The minimum Gasteiger partial charge on any atom is -0.313 e. The molecule has 2 aliphatic rings. The Balaban J connectivity index is 2.01. The van der Waals surface area contributed by atoms with E-state index in [9.17, 15) is 0 Å². The molecule has 1 heterocycles. The van der Waals surface area contributed by atoms with Crippen LogP contribution in [-0.4, -0.2) is 13.1 Å². The average Bonchev–Trinajstić information content (AvgIpc) is 2.71. The second-order valence-electron chi connectivity index (χ2n) is 4.50. The molecule has 1 nitrogen and oxygen atoms in total. The smallest absolute Gasteiger partial charge is 0.0167 e. The molecule has 0 bridgehead atoms. The fourth-order valence-electron chi connectivity index (χ4n) is 2.70. The topological polar surface area (TPSA) is 12.0 Å². The van der Waals surface area contributed by atoms with Crippen LogP contribution in [-0.2, 0) is 0 Å². The summed E-state index contributed by atoms with van der Waals surface area (Å²) >= 11 is 0. The van der Waals surface area contributed by atoms with E-state index in [-0.39, 0.29) is 0 Å². The molecule has 0 aromatic heterocycles. The summed E-state index contributed by atoms with van der Waals surface area (Å²) in [5.74, 6) is 0.997. The molecule has 74 valence electrons. The summed E-state index contributed by atoms with van der Waals surface area (Å²) in [5.41, 5.74) is 3.56. The molecule has 0 radical (unpaired) electrons. The lowest BCUT2D eigenvalue weighted by atomic mass is 9.82. The van der Waals surface area contributed by atoms with Crippen molar-refractivity contribution in [2.24, 2.45) is 5.92 Å². The van der Waals surface area contributed by atoms with Crippen LogP contribution in [0.25, 0.3) is 0 Å². The van der Waals surface area contributed by atoms with Gasteiger partial charge in [-0.05, 0) is 44.6 Å². The standard InChI is InChI=1S/C12H21N/c1-2-10-4-3-5-11(8-10)12-6-7-13-9-12/h10,13H,2-9H2,1H3/b12-11-. The van der Waals surface area contributed by atoms with Crippen LogP contribution in [0.3, 0.4) is 0 Å². The van der Waals surface area contributed by atoms with Gasteiger partial charge in [0.1, 0.15) is 0 Å². The van der Waals surface area contributed by atoms with E-state index in [4.69, 9.17) is 0 Å². The molecule has 1 unspecified atom stereocenters. The van der Waals surface area contributed by atoms with Crippen molar-refractivity contribution < 1.29 is 0 Å². The molecule has 0 aromatic rings. The lowest BCUT2D eigenvalue weighted by Crippen LogP contribution is -2.11. The zero-order valence-electron chi connectivity index (χ0n) is 8.73. The van der Waals surface area contributed by atoms with Crippen molar-refractivity contribution >= 4 is 0 Å². The number of hydrogen-bond acceptors (Lipinski definition) is 1. The third-order valence-electron chi connectivity index (χ3n) is 3.65. The van der Waals surface area contributed by atoms with Gasteiger partial charge in [0.2, 0.25) is 0 Å². The molecule has 1 aliphatic carbocycles. The van der Waals surface area contributed by atoms with Crippen molar-refractivity contribution in [3.8, 4) is 0 Å². The summed E-state index contributed by atoms with van der Waals surface area (Å²) in [6.45, 7) is 4.74. The van der Waals surface area contributed by atoms with Crippen LogP contribution in [0.4, 0.5) is 0 Å². The quantitative estimate of drug-likeness (QED) is 0.610. The van der Waals surface area contributed by atoms with Gasteiger partial charge in [-0.25, -0.2) is 0 Å². The molecule has 2 rings (SSSR count). The molecule has 1 aliphatic heterocycles. The summed E-state index contributed by atoms with van der Waals surface area (Å²) in [4.78, 5) is 0. The van der Waals surface area contributed by atoms with Crippen LogP contribution in [0.2, 0.25) is 0 Å². The molecular weight excluding hydrogens is 158 g/mol. The first-order valence-electron chi connectivity index (χ1n) is 5.80. The van der Waals surface area contributed by atoms with Gasteiger partial charge in [0.25, 0.3) is 0 Å². The fraction of sp³-hybridized carbons (Fsp3) is 0.833. The Morgan fingerprint density at radius 1 is 1.31 bits per heavy atom. The number of nitrogens with one attached hydrogen (secondary N) is 1. The van der Waals surface area contributed by atoms with E-state index in [2.05, 4.69) is 12.2 Å². The molecular formula is C12H21N. The first kappa shape index (κ1) is 9.26. The van der Waals surface area contributed by atoms with E-state index < -0.39 is 0 Å². The molecule has 0 spiro atoms. The van der Waals surface area contributed by atoms with Gasteiger partial charge in [0.15, 0.2) is 0 Å². The van der Waals surface area contributed by atoms with Crippen molar-refractivity contribution in [2.75, 3.05) is 13.1 Å². The Morgan fingerprint density at radius 2 is 2.23 bits per heavy atom. The van der Waals surface area contributed by atoms with Crippen molar-refractivity contribution in [3.05, 3.63) is 11.1 Å². The first-order chi connectivity index (χ1) is 6.40. The van der Waals surface area contributed by atoms with E-state index in [1.54, 1.807) is 5.57 Å². The Kier molecular flexibility index (Phi) is 3.05. The third kappa shape index (κ3) is 2.14. The summed E-state index contributed by atoms with van der Waals surface area (Å²) in [6.07, 6.45) is 8.43. The highest BCUT2D eigenvalue weighted by Crippen LogP contribution is 2.33. The van der Waals surface area contributed by atoms with Crippen LogP contribution in [0.5, 0.6) is 0 Å². The minimum absolute atomic E-state index is 0.997. The molecule has 2 fully saturated rings. The molecule has 1 saturated heterocycles. The largest absolute Gasteiger partial charge is 0.313 e. The van der Waals surface area contributed by atoms with Crippen LogP contribution in [0.1, 0.15) is 45.4 Å². The van der Waals surface area contributed by atoms with Gasteiger partial charge in [0.05, 0.1) is 0 Å². The maximum Gasteiger partial charge on any atom is 0.0167 e. The second kappa shape index (κ2) is 4.28. The lowest BCUT2D eigenvalue weighted by molar-refractivity contribution is 0.404. The highest BCUT2D eigenvalue weighted by molar-refractivity contribution is 5.20. The molecule has 1 atom stereocenters. The van der Waals surface area contributed by atoms with E-state index in [0.717, 1.165) is 5.92 Å². The van der Waals surface area contributed by atoms with Crippen LogP contribution in [0.15, 0.2) is 11.1 Å². The van der Waals surface area contributed by atoms with Gasteiger partial charge in [0, 0.05) is 6.54 Å². The minimum atomic E-state index is 0.997. The Labute approximate surface area is 81.6 Å². The Morgan fingerprint density at radius 3 is 2.92 bits per heavy atom. The van der Waals surface area contributed by atoms with E-state index in [1.165, 1.54) is 51.6 Å². The second-order valence-corrected chi connectivity index (χ2v) is 4.50. The average molecular weight is 179 g/mol. The Bertz CT molecular complexity index is 197. The zero-order valence-corrected chi connectivity index (χ0v) is 8.73. The van der Waals surface area contributed by atoms with E-state index >= 15 is 0 Å². The monoisotopic (exact) mass is 179 g/mol. The summed E-state index contributed by atoms with van der Waals surface area (Å²) < 4.78 is 0. The van der Waals surface area contributed by atoms with Crippen LogP contribution < -0.4 is 5.32 Å². The van der Waals surface area contributed by atoms with Gasteiger partial charge in [-0.1, -0.05) is 24.5 Å². The number of allylic oxidation sites excluding steroid dienone is 1. The highest BCUT2D eigenvalue weighted by atomic mass is 14.9. The van der Waals surface area contributed by atoms with Crippen molar-refractivity contribution in [2.45, 2.75) is 45.4 Å². The predicted octanol–water partition coefficient (Wildman–Crippen LogP) is 2.88. The van der Waals surface area contributed by atoms with Gasteiger partial charge in [-0.2, -0.15) is 0 Å². The Hall–Kier alpha value is -0.300. The van der Waals surface area contributed by atoms with Crippen molar-refractivity contribution in [1.82, 2.24) is 5.32 Å². The van der Waals surface area contributed by atoms with Gasteiger partial charge >= 0.3 is 0 Å². The van der Waals surface area contributed by atoms with E-state index in [0.29, 0.717) is 0 Å². The third-order valence-corrected chi connectivity index (χ3v) is 3.65. The van der Waals surface area contributed by atoms with Crippen molar-refractivity contribution in [3.63, 3.8) is 0 Å². The number of hydrogen-bond donors (Lipinski definition) is 1. The normalized spacial score (nSPS) is 35.3. The zero-order chi connectivity index (χ0) is 9.10. The SMILES string of the molecule is CCC1CCC/C(=C2\CCNC2)C1. The van der Waals surface area contributed by atoms with E-state index in [1.807, 2.05) is 5.57 Å². The van der Waals surface area contributed by atoms with Crippen LogP contribution >= 0.6 is 0 Å². The van der Waals surface area contributed by atoms with Gasteiger partial charge < -0.3 is 5.32 Å². The maximum atomic E-state index is 3.44. The summed E-state index contributed by atoms with van der Waals surface area (Å²) in [6, 6.07) is 0. The maximum absolute atomic E-state index is 3.44. The number of rotatable bonds is 1. The van der Waals surface area contributed by atoms with Gasteiger partial charge in [-0.3, -0.25) is 0 Å². The highest BCUT2D eigenvalue weighted by Gasteiger charge is 2.19. The lowest BCUT2D eigenvalue weighted by Gasteiger charge is -2.24. The van der Waals surface area contributed by atoms with Gasteiger partial charge in [-0.15, -0.1) is 0 Å². The predicted molar refractivity (Wildman–Crippen MR) is 56.8 cm³/mol. The molecule has 0 aromatic carbocycles. The molecule has 1 saturated carbocycles. The molecule has 13 heavy (non-hydrogen) atoms. The fourth-order valence-corrected chi connectivity index (χ4v) is 2.70. The summed E-state index contributed by atoms with van der Waals surface area (Å²) in [7, 11) is 0. The van der Waals surface area contributed by atoms with Crippen LogP contribution in [0, 0.1) is 5.92 Å². The molecule has 1 N–H and O–H groups in total.